The molecule has 0 spiro atoms. The van der Waals surface area contributed by atoms with Crippen LogP contribution in [0.25, 0.3) is 22.5 Å². The lowest BCUT2D eigenvalue weighted by Crippen LogP contribution is -2.20. The highest BCUT2D eigenvalue weighted by atomic mass is 19.4. The average molecular weight is 501 g/mol. The van der Waals surface area contributed by atoms with Gasteiger partial charge in [0.25, 0.3) is 0 Å². The number of H-pyrrole nitrogens is 1. The van der Waals surface area contributed by atoms with Gasteiger partial charge in [-0.3, -0.25) is 0 Å². The van der Waals surface area contributed by atoms with Crippen molar-refractivity contribution in [2.75, 3.05) is 13.2 Å². The number of nitrogens with zero attached hydrogens (tertiary/aromatic N) is 5. The van der Waals surface area contributed by atoms with Crippen molar-refractivity contribution < 1.29 is 23.0 Å². The zero-order valence-corrected chi connectivity index (χ0v) is 19.8. The van der Waals surface area contributed by atoms with Crippen LogP contribution in [0.1, 0.15) is 36.6 Å². The van der Waals surface area contributed by atoms with Crippen molar-refractivity contribution in [1.82, 2.24) is 30.4 Å². The van der Waals surface area contributed by atoms with E-state index in [0.29, 0.717) is 29.9 Å². The van der Waals surface area contributed by atoms with Gasteiger partial charge in [-0.15, -0.1) is 10.2 Å². The second-order valence-corrected chi connectivity index (χ2v) is 8.33. The van der Waals surface area contributed by atoms with Gasteiger partial charge in [0.2, 0.25) is 11.7 Å². The fourth-order valence-corrected chi connectivity index (χ4v) is 4.05. The molecule has 0 saturated heterocycles. The highest BCUT2D eigenvalue weighted by molar-refractivity contribution is 5.80. The normalized spacial score (nSPS) is 11.7. The van der Waals surface area contributed by atoms with E-state index in [0.717, 1.165) is 39.8 Å². The molecule has 0 radical (unpaired) electrons. The summed E-state index contributed by atoms with van der Waals surface area (Å²) < 4.78 is 46.1. The molecule has 4 rings (SSSR count). The third-order valence-corrected chi connectivity index (χ3v) is 5.67. The Morgan fingerprint density at radius 1 is 1.06 bits per heavy atom. The maximum atomic E-state index is 13.2. The Kier molecular flexibility index (Phi) is 7.99. The van der Waals surface area contributed by atoms with Crippen molar-refractivity contribution in [3.63, 3.8) is 0 Å². The van der Waals surface area contributed by atoms with Gasteiger partial charge < -0.3 is 9.84 Å². The van der Waals surface area contributed by atoms with Crippen molar-refractivity contribution in [3.8, 4) is 28.4 Å². The summed E-state index contributed by atoms with van der Waals surface area (Å²) in [5, 5.41) is 27.7. The van der Waals surface area contributed by atoms with Gasteiger partial charge in [-0.05, 0) is 34.7 Å². The molecule has 0 aliphatic rings. The van der Waals surface area contributed by atoms with E-state index in [-0.39, 0.29) is 19.1 Å². The molecule has 0 fully saturated rings. The fraction of sp³-hybridized carbons (Fsp3) is 0.360. The number of aromatic nitrogens is 6. The van der Waals surface area contributed by atoms with E-state index in [1.54, 1.807) is 0 Å². The summed E-state index contributed by atoms with van der Waals surface area (Å²) in [5.41, 5.74) is 4.79. The van der Waals surface area contributed by atoms with Crippen LogP contribution in [-0.4, -0.2) is 54.9 Å². The molecule has 36 heavy (non-hydrogen) atoms. The molecule has 0 aliphatic heterocycles. The first-order valence-electron chi connectivity index (χ1n) is 11.7. The summed E-state index contributed by atoms with van der Waals surface area (Å²) in [6, 6.07) is 15.5. The first-order chi connectivity index (χ1) is 17.4. The highest BCUT2D eigenvalue weighted by Crippen LogP contribution is 2.32. The van der Waals surface area contributed by atoms with Crippen LogP contribution in [-0.2, 0) is 19.4 Å². The molecule has 2 aromatic heterocycles. The molecule has 0 unspecified atom stereocenters. The van der Waals surface area contributed by atoms with Crippen LogP contribution in [0.2, 0.25) is 0 Å². The summed E-state index contributed by atoms with van der Waals surface area (Å²) in [6.45, 7) is 0.338. The SMILES string of the molecule is CCCCc1nn(CC(F)(F)F)c(OCCO)c1Cc1ccc(-c2ccccc2-c2nn[nH]n2)cc1. The predicted octanol–water partition coefficient (Wildman–Crippen LogP) is 4.60. The summed E-state index contributed by atoms with van der Waals surface area (Å²) in [5.74, 6) is 0.539. The topological polar surface area (TPSA) is 102 Å². The molecule has 0 bridgehead atoms. The standard InChI is InChI=1S/C25H27F3N6O2/c1-2-3-8-22-21(24(36-14-13-35)34(31-22)16-25(26,27)28)15-17-9-11-18(12-10-17)19-6-4-5-7-20(19)23-29-32-33-30-23/h4-7,9-12,35H,2-3,8,13-16H2,1H3,(H,29,30,32,33). The molecule has 190 valence electrons. The summed E-state index contributed by atoms with van der Waals surface area (Å²) in [6.07, 6.45) is -1.88. The van der Waals surface area contributed by atoms with Gasteiger partial charge in [-0.25, -0.2) is 4.68 Å². The monoisotopic (exact) mass is 500 g/mol. The summed E-state index contributed by atoms with van der Waals surface area (Å²) in [4.78, 5) is 0. The molecular formula is C25H27F3N6O2. The minimum atomic E-state index is -4.45. The number of rotatable bonds is 11. The molecule has 0 aliphatic carbocycles. The lowest BCUT2D eigenvalue weighted by Gasteiger charge is -2.13. The number of alkyl halides is 3. The van der Waals surface area contributed by atoms with E-state index in [2.05, 4.69) is 25.7 Å². The molecular weight excluding hydrogens is 473 g/mol. The molecule has 0 atom stereocenters. The Morgan fingerprint density at radius 2 is 1.81 bits per heavy atom. The van der Waals surface area contributed by atoms with Gasteiger partial charge in [0.15, 0.2) is 0 Å². The van der Waals surface area contributed by atoms with E-state index in [9.17, 15) is 18.3 Å². The van der Waals surface area contributed by atoms with Gasteiger partial charge in [0, 0.05) is 17.5 Å². The quantitative estimate of drug-likeness (QED) is 0.312. The number of hydrogen-bond donors (Lipinski definition) is 2. The molecule has 0 amide bonds. The predicted molar refractivity (Wildman–Crippen MR) is 127 cm³/mol. The first kappa shape index (κ1) is 25.4. The van der Waals surface area contributed by atoms with Gasteiger partial charge in [-0.2, -0.15) is 23.5 Å². The minimum Gasteiger partial charge on any atom is -0.475 e. The molecule has 0 saturated carbocycles. The maximum Gasteiger partial charge on any atom is 0.408 e. The number of unbranched alkanes of at least 4 members (excludes halogenated alkanes) is 1. The molecule has 11 heteroatoms. The van der Waals surface area contributed by atoms with Crippen LogP contribution < -0.4 is 4.74 Å². The zero-order chi connectivity index (χ0) is 25.5. The Balaban J connectivity index is 1.66. The zero-order valence-electron chi connectivity index (χ0n) is 19.8. The van der Waals surface area contributed by atoms with Gasteiger partial charge >= 0.3 is 6.18 Å². The second-order valence-electron chi connectivity index (χ2n) is 8.33. The minimum absolute atomic E-state index is 0.0546. The third-order valence-electron chi connectivity index (χ3n) is 5.67. The Labute approximate surface area is 206 Å². The number of tetrazole rings is 1. The van der Waals surface area contributed by atoms with Crippen molar-refractivity contribution >= 4 is 0 Å². The van der Waals surface area contributed by atoms with Crippen LogP contribution in [0.4, 0.5) is 13.2 Å². The number of aliphatic hydroxyl groups excluding tert-OH is 1. The van der Waals surface area contributed by atoms with Crippen LogP contribution in [0.5, 0.6) is 5.88 Å². The molecule has 2 N–H and O–H groups in total. The fourth-order valence-electron chi connectivity index (χ4n) is 4.05. The van der Waals surface area contributed by atoms with Crippen LogP contribution in [0.3, 0.4) is 0 Å². The van der Waals surface area contributed by atoms with Crippen LogP contribution in [0.15, 0.2) is 48.5 Å². The van der Waals surface area contributed by atoms with Crippen molar-refractivity contribution in [3.05, 3.63) is 65.4 Å². The summed E-state index contributed by atoms with van der Waals surface area (Å²) >= 11 is 0. The van der Waals surface area contributed by atoms with Crippen LogP contribution in [0, 0.1) is 0 Å². The molecule has 8 nitrogen and oxygen atoms in total. The van der Waals surface area contributed by atoms with E-state index in [4.69, 9.17) is 4.74 Å². The average Bonchev–Trinajstić information content (AvgIpc) is 3.50. The number of aryl methyl sites for hydroxylation is 1. The first-order valence-corrected chi connectivity index (χ1v) is 11.7. The van der Waals surface area contributed by atoms with E-state index in [1.807, 2.05) is 55.5 Å². The van der Waals surface area contributed by atoms with E-state index >= 15 is 0 Å². The molecule has 4 aromatic rings. The number of ether oxygens (including phenoxy) is 1. The highest BCUT2D eigenvalue weighted by Gasteiger charge is 2.32. The number of aromatic amines is 1. The van der Waals surface area contributed by atoms with Crippen molar-refractivity contribution in [2.45, 2.75) is 45.3 Å². The number of halogens is 3. The lowest BCUT2D eigenvalue weighted by atomic mass is 9.96. The van der Waals surface area contributed by atoms with E-state index < -0.39 is 12.7 Å². The molecule has 2 heterocycles. The smallest absolute Gasteiger partial charge is 0.408 e. The number of benzene rings is 2. The summed E-state index contributed by atoms with van der Waals surface area (Å²) in [7, 11) is 0. The molecule has 2 aromatic carbocycles. The number of hydrogen-bond acceptors (Lipinski definition) is 6. The van der Waals surface area contributed by atoms with Gasteiger partial charge in [-0.1, -0.05) is 61.9 Å². The lowest BCUT2D eigenvalue weighted by molar-refractivity contribution is -0.143. The number of nitrogens with one attached hydrogen (secondary N) is 1. The van der Waals surface area contributed by atoms with Gasteiger partial charge in [0.05, 0.1) is 12.3 Å². The second kappa shape index (κ2) is 11.3. The van der Waals surface area contributed by atoms with Crippen molar-refractivity contribution in [1.29, 1.82) is 0 Å². The maximum absolute atomic E-state index is 13.2. The third kappa shape index (κ3) is 6.09. The van der Waals surface area contributed by atoms with Gasteiger partial charge in [0.1, 0.15) is 13.2 Å². The van der Waals surface area contributed by atoms with Crippen LogP contribution >= 0.6 is 0 Å². The largest absolute Gasteiger partial charge is 0.475 e. The van der Waals surface area contributed by atoms with E-state index in [1.165, 1.54) is 0 Å². The van der Waals surface area contributed by atoms with Crippen molar-refractivity contribution in [2.24, 2.45) is 0 Å². The Bertz CT molecular complexity index is 1250. The number of aliphatic hydroxyl groups is 1. The Morgan fingerprint density at radius 3 is 2.44 bits per heavy atom. The Hall–Kier alpha value is -3.73.